The third-order valence-corrected chi connectivity index (χ3v) is 8.02. The predicted octanol–water partition coefficient (Wildman–Crippen LogP) is 1.78. The van der Waals surface area contributed by atoms with Gasteiger partial charge in [0, 0.05) is 39.1 Å². The number of carbonyl (C=O) groups is 1. The fraction of sp³-hybridized carbons (Fsp3) is 0.895. The SMILES string of the molecule is CNC(=O)CC1CCN(C(=NCC2CCS(=O)(=O)C2)NC2CCCC2)CC1.I. The lowest BCUT2D eigenvalue weighted by atomic mass is 9.93. The molecule has 3 aliphatic rings. The van der Waals surface area contributed by atoms with Crippen molar-refractivity contribution in [2.24, 2.45) is 16.8 Å². The number of guanidine groups is 1. The summed E-state index contributed by atoms with van der Waals surface area (Å²) in [5.74, 6) is 2.25. The molecule has 1 saturated carbocycles. The summed E-state index contributed by atoms with van der Waals surface area (Å²) in [6.07, 6.45) is 8.23. The van der Waals surface area contributed by atoms with E-state index < -0.39 is 9.84 Å². The fourth-order valence-electron chi connectivity index (χ4n) is 4.43. The van der Waals surface area contributed by atoms with Crippen LogP contribution in [0.1, 0.15) is 51.4 Å². The molecule has 0 aromatic carbocycles. The molecule has 3 rings (SSSR count). The van der Waals surface area contributed by atoms with Crippen LogP contribution in [0.5, 0.6) is 0 Å². The first kappa shape index (κ1) is 23.7. The quantitative estimate of drug-likeness (QED) is 0.324. The van der Waals surface area contributed by atoms with E-state index >= 15 is 0 Å². The molecule has 2 aliphatic heterocycles. The summed E-state index contributed by atoms with van der Waals surface area (Å²) in [5, 5.41) is 6.36. The third kappa shape index (κ3) is 7.03. The van der Waals surface area contributed by atoms with Crippen LogP contribution in [0, 0.1) is 11.8 Å². The van der Waals surface area contributed by atoms with Crippen molar-refractivity contribution < 1.29 is 13.2 Å². The van der Waals surface area contributed by atoms with Gasteiger partial charge in [-0.2, -0.15) is 0 Å². The summed E-state index contributed by atoms with van der Waals surface area (Å²) in [4.78, 5) is 18.8. The van der Waals surface area contributed by atoms with E-state index in [9.17, 15) is 13.2 Å². The zero-order valence-corrected chi connectivity index (χ0v) is 20.0. The van der Waals surface area contributed by atoms with Crippen LogP contribution < -0.4 is 10.6 Å². The van der Waals surface area contributed by atoms with Crippen LogP contribution in [0.25, 0.3) is 0 Å². The van der Waals surface area contributed by atoms with Crippen LogP contribution in [0.2, 0.25) is 0 Å². The molecule has 1 unspecified atom stereocenters. The van der Waals surface area contributed by atoms with Crippen molar-refractivity contribution in [3.05, 3.63) is 0 Å². The number of sulfone groups is 1. The summed E-state index contributed by atoms with van der Waals surface area (Å²) in [6, 6.07) is 0.486. The summed E-state index contributed by atoms with van der Waals surface area (Å²) in [6.45, 7) is 2.40. The molecular weight excluding hydrogens is 491 g/mol. The number of nitrogens with zero attached hydrogens (tertiary/aromatic N) is 2. The van der Waals surface area contributed by atoms with E-state index in [4.69, 9.17) is 4.99 Å². The van der Waals surface area contributed by atoms with Gasteiger partial charge in [0.15, 0.2) is 15.8 Å². The number of piperidine rings is 1. The Morgan fingerprint density at radius 1 is 1.07 bits per heavy atom. The van der Waals surface area contributed by atoms with Crippen molar-refractivity contribution in [1.29, 1.82) is 0 Å². The lowest BCUT2D eigenvalue weighted by Crippen LogP contribution is -2.49. The van der Waals surface area contributed by atoms with Gasteiger partial charge in [-0.1, -0.05) is 12.8 Å². The van der Waals surface area contributed by atoms with E-state index in [-0.39, 0.29) is 41.6 Å². The zero-order valence-electron chi connectivity index (χ0n) is 16.9. The number of hydrogen-bond donors (Lipinski definition) is 2. The van der Waals surface area contributed by atoms with Gasteiger partial charge in [0.2, 0.25) is 5.91 Å². The number of halogens is 1. The van der Waals surface area contributed by atoms with Gasteiger partial charge in [0.05, 0.1) is 11.5 Å². The summed E-state index contributed by atoms with van der Waals surface area (Å²) in [5.41, 5.74) is 0. The molecule has 28 heavy (non-hydrogen) atoms. The molecule has 9 heteroatoms. The van der Waals surface area contributed by atoms with Crippen LogP contribution in [-0.4, -0.2) is 69.4 Å². The number of hydrogen-bond acceptors (Lipinski definition) is 4. The molecule has 0 bridgehead atoms. The van der Waals surface area contributed by atoms with Crippen LogP contribution >= 0.6 is 24.0 Å². The first-order chi connectivity index (χ1) is 12.9. The Labute approximate surface area is 186 Å². The zero-order chi connectivity index (χ0) is 19.3. The molecule has 2 heterocycles. The average molecular weight is 526 g/mol. The van der Waals surface area contributed by atoms with E-state index in [0.29, 0.717) is 30.7 Å². The number of nitrogens with one attached hydrogen (secondary N) is 2. The molecule has 3 fully saturated rings. The summed E-state index contributed by atoms with van der Waals surface area (Å²) < 4.78 is 23.4. The van der Waals surface area contributed by atoms with E-state index in [1.807, 2.05) is 0 Å². The Balaban J connectivity index is 0.00000280. The number of likely N-dealkylation sites (tertiary alicyclic amines) is 1. The predicted molar refractivity (Wildman–Crippen MR) is 123 cm³/mol. The van der Waals surface area contributed by atoms with Crippen molar-refractivity contribution in [1.82, 2.24) is 15.5 Å². The normalized spacial score (nSPS) is 26.1. The molecule has 1 atom stereocenters. The molecule has 2 saturated heterocycles. The van der Waals surface area contributed by atoms with Crippen LogP contribution in [-0.2, 0) is 14.6 Å². The van der Waals surface area contributed by atoms with Crippen molar-refractivity contribution in [3.63, 3.8) is 0 Å². The average Bonchev–Trinajstić information content (AvgIpc) is 3.28. The number of carbonyl (C=O) groups excluding carboxylic acids is 1. The van der Waals surface area contributed by atoms with Crippen LogP contribution in [0.3, 0.4) is 0 Å². The highest BCUT2D eigenvalue weighted by atomic mass is 127. The minimum Gasteiger partial charge on any atom is -0.359 e. The molecule has 0 aromatic heterocycles. The molecule has 0 radical (unpaired) electrons. The second kappa shape index (κ2) is 11.0. The highest BCUT2D eigenvalue weighted by Crippen LogP contribution is 2.23. The lowest BCUT2D eigenvalue weighted by molar-refractivity contribution is -0.121. The van der Waals surface area contributed by atoms with Crippen molar-refractivity contribution >= 4 is 45.7 Å². The van der Waals surface area contributed by atoms with Gasteiger partial charge >= 0.3 is 0 Å². The Morgan fingerprint density at radius 2 is 1.75 bits per heavy atom. The van der Waals surface area contributed by atoms with Gasteiger partial charge in [-0.3, -0.25) is 9.79 Å². The standard InChI is InChI=1S/C19H34N4O3S.HI/c1-20-18(24)12-15-6-9-23(10-7-15)19(22-17-4-2-3-5-17)21-13-16-8-11-27(25,26)14-16;/h15-17H,2-14H2,1H3,(H,20,24)(H,21,22);1H. The number of rotatable bonds is 5. The van der Waals surface area contributed by atoms with Gasteiger partial charge < -0.3 is 15.5 Å². The first-order valence-electron chi connectivity index (χ1n) is 10.4. The van der Waals surface area contributed by atoms with E-state index in [0.717, 1.165) is 38.3 Å². The topological polar surface area (TPSA) is 90.9 Å². The molecule has 162 valence electrons. The van der Waals surface area contributed by atoms with Gasteiger partial charge in [-0.25, -0.2) is 8.42 Å². The van der Waals surface area contributed by atoms with Gasteiger partial charge in [-0.05, 0) is 43.9 Å². The maximum atomic E-state index is 11.7. The molecule has 0 aromatic rings. The molecular formula is C19H35IN4O3S. The smallest absolute Gasteiger partial charge is 0.220 e. The minimum atomic E-state index is -2.85. The van der Waals surface area contributed by atoms with Crippen molar-refractivity contribution in [2.75, 3.05) is 38.2 Å². The second-order valence-corrected chi connectivity index (χ2v) is 10.6. The van der Waals surface area contributed by atoms with Crippen molar-refractivity contribution in [2.45, 2.75) is 57.4 Å². The largest absolute Gasteiger partial charge is 0.359 e. The maximum Gasteiger partial charge on any atom is 0.220 e. The first-order valence-corrected chi connectivity index (χ1v) is 12.2. The Bertz CT molecular complexity index is 642. The fourth-order valence-corrected chi connectivity index (χ4v) is 6.28. The monoisotopic (exact) mass is 526 g/mol. The van der Waals surface area contributed by atoms with Gasteiger partial charge in [-0.15, -0.1) is 24.0 Å². The number of amides is 1. The second-order valence-electron chi connectivity index (χ2n) is 8.37. The molecule has 7 nitrogen and oxygen atoms in total. The Morgan fingerprint density at radius 3 is 2.32 bits per heavy atom. The lowest BCUT2D eigenvalue weighted by Gasteiger charge is -2.35. The molecule has 1 amide bonds. The van der Waals surface area contributed by atoms with E-state index in [1.165, 1.54) is 25.7 Å². The third-order valence-electron chi connectivity index (χ3n) is 6.18. The minimum absolute atomic E-state index is 0. The Hall–Kier alpha value is -0.580. The highest BCUT2D eigenvalue weighted by Gasteiger charge is 2.29. The van der Waals surface area contributed by atoms with Gasteiger partial charge in [0.25, 0.3) is 0 Å². The maximum absolute atomic E-state index is 11.7. The van der Waals surface area contributed by atoms with E-state index in [2.05, 4.69) is 15.5 Å². The molecule has 2 N–H and O–H groups in total. The number of aliphatic imine (C=N–C) groups is 1. The molecule has 1 aliphatic carbocycles. The van der Waals surface area contributed by atoms with Crippen molar-refractivity contribution in [3.8, 4) is 0 Å². The summed E-state index contributed by atoms with van der Waals surface area (Å²) >= 11 is 0. The highest BCUT2D eigenvalue weighted by molar-refractivity contribution is 14.0. The van der Waals surface area contributed by atoms with Crippen LogP contribution in [0.4, 0.5) is 0 Å². The Kier molecular flexibility index (Phi) is 9.30. The van der Waals surface area contributed by atoms with E-state index in [1.54, 1.807) is 7.05 Å². The summed E-state index contributed by atoms with van der Waals surface area (Å²) in [7, 11) is -1.16. The molecule has 0 spiro atoms. The van der Waals surface area contributed by atoms with Crippen LogP contribution in [0.15, 0.2) is 4.99 Å². The van der Waals surface area contributed by atoms with Gasteiger partial charge in [0.1, 0.15) is 0 Å².